The number of rotatable bonds is 8. The van der Waals surface area contributed by atoms with Crippen LogP contribution in [-0.2, 0) is 11.2 Å². The Balaban J connectivity index is 2.42. The maximum Gasteiger partial charge on any atom is 0.137 e. The molecule has 0 unspecified atom stereocenters. The molecule has 100 valence electrons. The van der Waals surface area contributed by atoms with E-state index in [9.17, 15) is 4.79 Å². The summed E-state index contributed by atoms with van der Waals surface area (Å²) in [4.78, 5) is 11.7. The monoisotopic (exact) mass is 248 g/mol. The normalized spacial score (nSPS) is 10.7. The summed E-state index contributed by atoms with van der Waals surface area (Å²) in [7, 11) is 0. The van der Waals surface area contributed by atoms with Gasteiger partial charge < -0.3 is 4.74 Å². The largest absolute Gasteiger partial charge is 0.494 e. The molecule has 0 spiro atoms. The Labute approximate surface area is 110 Å². The highest BCUT2D eigenvalue weighted by Gasteiger charge is 2.06. The number of hydrogen-bond acceptors (Lipinski definition) is 2. The van der Waals surface area contributed by atoms with Crippen LogP contribution in [0.5, 0.6) is 5.75 Å². The molecule has 0 aliphatic carbocycles. The average Bonchev–Trinajstić information content (AvgIpc) is 2.30. The first kappa shape index (κ1) is 14.7. The lowest BCUT2D eigenvalue weighted by molar-refractivity contribution is -0.119. The van der Waals surface area contributed by atoms with Gasteiger partial charge in [0, 0.05) is 12.8 Å². The van der Waals surface area contributed by atoms with Crippen LogP contribution in [0, 0.1) is 5.92 Å². The van der Waals surface area contributed by atoms with Gasteiger partial charge in [-0.1, -0.05) is 39.3 Å². The van der Waals surface area contributed by atoms with Crippen LogP contribution >= 0.6 is 0 Å². The van der Waals surface area contributed by atoms with E-state index in [-0.39, 0.29) is 0 Å². The molecule has 0 heterocycles. The van der Waals surface area contributed by atoms with Gasteiger partial charge in [0.05, 0.1) is 6.61 Å². The summed E-state index contributed by atoms with van der Waals surface area (Å²) in [6.07, 6.45) is 3.42. The summed E-state index contributed by atoms with van der Waals surface area (Å²) in [5.74, 6) is 1.64. The molecule has 2 nitrogen and oxygen atoms in total. The number of benzene rings is 1. The average molecular weight is 248 g/mol. The van der Waals surface area contributed by atoms with Gasteiger partial charge >= 0.3 is 0 Å². The zero-order chi connectivity index (χ0) is 13.4. The van der Waals surface area contributed by atoms with E-state index in [1.165, 1.54) is 0 Å². The van der Waals surface area contributed by atoms with Gasteiger partial charge in [-0.05, 0) is 30.0 Å². The minimum atomic E-state index is 0.310. The molecule has 1 aromatic rings. The van der Waals surface area contributed by atoms with Gasteiger partial charge in [0.15, 0.2) is 0 Å². The zero-order valence-electron chi connectivity index (χ0n) is 11.7. The Morgan fingerprint density at radius 1 is 1.22 bits per heavy atom. The van der Waals surface area contributed by atoms with Crippen LogP contribution in [0.3, 0.4) is 0 Å². The van der Waals surface area contributed by atoms with Crippen LogP contribution in [0.25, 0.3) is 0 Å². The number of carbonyl (C=O) groups is 1. The molecule has 0 aliphatic rings. The summed E-state index contributed by atoms with van der Waals surface area (Å²) in [6.45, 7) is 7.06. The lowest BCUT2D eigenvalue weighted by Crippen LogP contribution is -2.06. The van der Waals surface area contributed by atoms with Crippen molar-refractivity contribution in [2.45, 2.75) is 46.5 Å². The second kappa shape index (κ2) is 7.91. The van der Waals surface area contributed by atoms with Gasteiger partial charge in [-0.15, -0.1) is 0 Å². The van der Waals surface area contributed by atoms with E-state index in [2.05, 4.69) is 20.8 Å². The van der Waals surface area contributed by atoms with Gasteiger partial charge in [-0.25, -0.2) is 0 Å². The van der Waals surface area contributed by atoms with Crippen molar-refractivity contribution in [1.82, 2.24) is 0 Å². The SMILES string of the molecule is CCCCOc1ccc(CC(=O)CC(C)C)cc1. The van der Waals surface area contributed by atoms with Crippen molar-refractivity contribution in [3.63, 3.8) is 0 Å². The van der Waals surface area contributed by atoms with E-state index < -0.39 is 0 Å². The molecule has 0 radical (unpaired) electrons. The smallest absolute Gasteiger partial charge is 0.137 e. The van der Waals surface area contributed by atoms with Gasteiger partial charge in [-0.3, -0.25) is 4.79 Å². The molecule has 1 aromatic carbocycles. The number of ether oxygens (including phenoxy) is 1. The lowest BCUT2D eigenvalue weighted by Gasteiger charge is -2.07. The van der Waals surface area contributed by atoms with E-state index >= 15 is 0 Å². The fourth-order valence-corrected chi connectivity index (χ4v) is 1.79. The summed E-state index contributed by atoms with van der Waals surface area (Å²) in [5, 5.41) is 0. The number of Topliss-reactive ketones (excluding diaryl/α,β-unsaturated/α-hetero) is 1. The molecule has 0 amide bonds. The predicted molar refractivity (Wildman–Crippen MR) is 75.0 cm³/mol. The van der Waals surface area contributed by atoms with Crippen LogP contribution in [0.15, 0.2) is 24.3 Å². The molecule has 0 saturated heterocycles. The number of carbonyl (C=O) groups excluding carboxylic acids is 1. The third-order valence-electron chi connectivity index (χ3n) is 2.73. The molecule has 1 rings (SSSR count). The Bertz CT molecular complexity index is 352. The fraction of sp³-hybridized carbons (Fsp3) is 0.562. The van der Waals surface area contributed by atoms with Crippen LogP contribution in [0.2, 0.25) is 0 Å². The standard InChI is InChI=1S/C16H24O2/c1-4-5-10-18-16-8-6-14(7-9-16)12-15(17)11-13(2)3/h6-9,13H,4-5,10-12H2,1-3H3. The van der Waals surface area contributed by atoms with Gasteiger partial charge in [0.1, 0.15) is 11.5 Å². The van der Waals surface area contributed by atoms with Crippen molar-refractivity contribution in [1.29, 1.82) is 0 Å². The third-order valence-corrected chi connectivity index (χ3v) is 2.73. The Hall–Kier alpha value is -1.31. The minimum Gasteiger partial charge on any atom is -0.494 e. The Morgan fingerprint density at radius 2 is 1.89 bits per heavy atom. The van der Waals surface area contributed by atoms with E-state index in [1.54, 1.807) is 0 Å². The zero-order valence-corrected chi connectivity index (χ0v) is 11.7. The molecule has 0 fully saturated rings. The first-order valence-corrected chi connectivity index (χ1v) is 6.85. The molecule has 2 heteroatoms. The van der Waals surface area contributed by atoms with Crippen molar-refractivity contribution >= 4 is 5.78 Å². The Morgan fingerprint density at radius 3 is 2.44 bits per heavy atom. The van der Waals surface area contributed by atoms with Crippen LogP contribution in [0.1, 0.15) is 45.6 Å². The van der Waals surface area contributed by atoms with E-state index in [0.717, 1.165) is 30.8 Å². The molecule has 0 saturated carbocycles. The van der Waals surface area contributed by atoms with Crippen molar-refractivity contribution in [3.8, 4) is 5.75 Å². The number of unbranched alkanes of at least 4 members (excludes halogenated alkanes) is 1. The highest BCUT2D eigenvalue weighted by molar-refractivity contribution is 5.81. The summed E-state index contributed by atoms with van der Waals surface area (Å²) < 4.78 is 5.59. The van der Waals surface area contributed by atoms with Gasteiger partial charge in [-0.2, -0.15) is 0 Å². The molecule has 0 aromatic heterocycles. The van der Waals surface area contributed by atoms with Crippen molar-refractivity contribution in [2.75, 3.05) is 6.61 Å². The van der Waals surface area contributed by atoms with Crippen molar-refractivity contribution in [3.05, 3.63) is 29.8 Å². The molecule has 18 heavy (non-hydrogen) atoms. The van der Waals surface area contributed by atoms with Crippen molar-refractivity contribution < 1.29 is 9.53 Å². The van der Waals surface area contributed by atoms with Crippen molar-refractivity contribution in [2.24, 2.45) is 5.92 Å². The second-order valence-corrected chi connectivity index (χ2v) is 5.16. The van der Waals surface area contributed by atoms with Crippen LogP contribution in [0.4, 0.5) is 0 Å². The maximum absolute atomic E-state index is 11.7. The van der Waals surface area contributed by atoms with E-state index in [0.29, 0.717) is 24.5 Å². The lowest BCUT2D eigenvalue weighted by atomic mass is 10.0. The number of ketones is 1. The summed E-state index contributed by atoms with van der Waals surface area (Å²) >= 11 is 0. The van der Waals surface area contributed by atoms with E-state index in [4.69, 9.17) is 4.74 Å². The van der Waals surface area contributed by atoms with Crippen LogP contribution < -0.4 is 4.74 Å². The third kappa shape index (κ3) is 5.85. The molecule has 0 atom stereocenters. The van der Waals surface area contributed by atoms with E-state index in [1.807, 2.05) is 24.3 Å². The quantitative estimate of drug-likeness (QED) is 0.649. The first-order chi connectivity index (χ1) is 8.61. The maximum atomic E-state index is 11.7. The first-order valence-electron chi connectivity index (χ1n) is 6.85. The second-order valence-electron chi connectivity index (χ2n) is 5.16. The van der Waals surface area contributed by atoms with Gasteiger partial charge in [0.2, 0.25) is 0 Å². The topological polar surface area (TPSA) is 26.3 Å². The molecular formula is C16H24O2. The highest BCUT2D eigenvalue weighted by atomic mass is 16.5. The Kier molecular flexibility index (Phi) is 6.48. The highest BCUT2D eigenvalue weighted by Crippen LogP contribution is 2.14. The summed E-state index contributed by atoms with van der Waals surface area (Å²) in [6, 6.07) is 7.88. The minimum absolute atomic E-state index is 0.310. The van der Waals surface area contributed by atoms with Gasteiger partial charge in [0.25, 0.3) is 0 Å². The summed E-state index contributed by atoms with van der Waals surface area (Å²) in [5.41, 5.74) is 1.07. The molecular weight excluding hydrogens is 224 g/mol. The fourth-order valence-electron chi connectivity index (χ4n) is 1.79. The predicted octanol–water partition coefficient (Wildman–Crippen LogP) is 4.02. The molecule has 0 N–H and O–H groups in total. The molecule has 0 bridgehead atoms. The van der Waals surface area contributed by atoms with Crippen LogP contribution in [-0.4, -0.2) is 12.4 Å². The molecule has 0 aliphatic heterocycles. The number of hydrogen-bond donors (Lipinski definition) is 0.